The van der Waals surface area contributed by atoms with Gasteiger partial charge in [0.15, 0.2) is 0 Å². The van der Waals surface area contributed by atoms with E-state index in [0.717, 1.165) is 5.56 Å². The van der Waals surface area contributed by atoms with E-state index < -0.39 is 7.12 Å². The van der Waals surface area contributed by atoms with Crippen molar-refractivity contribution in [2.75, 3.05) is 6.61 Å². The molecule has 1 aromatic carbocycles. The normalized spacial score (nSPS) is 12.5. The number of Topliss-reactive ketones (excluding diaryl/α,β-unsaturated/α-hetero) is 1. The fourth-order valence-electron chi connectivity index (χ4n) is 2.39. The number of fused-ring (bicyclic) bond motifs is 1. The first-order chi connectivity index (χ1) is 12.5. The number of rotatable bonds is 6. The third kappa shape index (κ3) is 3.97. The molecule has 2 heterocycles. The third-order valence-corrected chi connectivity index (χ3v) is 3.98. The van der Waals surface area contributed by atoms with Crippen LogP contribution in [-0.4, -0.2) is 29.5 Å². The predicted molar refractivity (Wildman–Crippen MR) is 93.7 cm³/mol. The van der Waals surface area contributed by atoms with E-state index in [2.05, 4.69) is 4.98 Å². The number of carbonyl (C=O) groups excluding carboxylic acids is 1. The van der Waals surface area contributed by atoms with Crippen LogP contribution in [0.1, 0.15) is 24.5 Å². The van der Waals surface area contributed by atoms with Crippen molar-refractivity contribution in [3.05, 3.63) is 40.4 Å². The molecule has 132 valence electrons. The van der Waals surface area contributed by atoms with Crippen molar-refractivity contribution >= 4 is 30.0 Å². The van der Waals surface area contributed by atoms with Gasteiger partial charge in [0.25, 0.3) is 0 Å². The second-order valence-corrected chi connectivity index (χ2v) is 6.07. The lowest BCUT2D eigenvalue weighted by molar-refractivity contribution is -0.117. The molecule has 2 aromatic rings. The fourth-order valence-corrected chi connectivity index (χ4v) is 2.58. The number of ether oxygens (including phenoxy) is 2. The molecule has 0 aliphatic carbocycles. The summed E-state index contributed by atoms with van der Waals surface area (Å²) in [5.41, 5.74) is 1.64. The number of hydrogen-bond acceptors (Lipinski definition) is 7. The molecular formula is C17H14BClN2O5. The number of halogens is 1. The van der Waals surface area contributed by atoms with Gasteiger partial charge in [-0.1, -0.05) is 17.7 Å². The first-order valence-electron chi connectivity index (χ1n) is 7.81. The summed E-state index contributed by atoms with van der Waals surface area (Å²) in [5.74, 6) is 0.544. The van der Waals surface area contributed by atoms with Gasteiger partial charge >= 0.3 is 7.12 Å². The molecule has 0 amide bonds. The highest BCUT2D eigenvalue weighted by Gasteiger charge is 2.27. The molecule has 1 aliphatic heterocycles. The molecule has 0 unspecified atom stereocenters. The van der Waals surface area contributed by atoms with Gasteiger partial charge in [-0.2, -0.15) is 10.2 Å². The quantitative estimate of drug-likeness (QED) is 0.773. The summed E-state index contributed by atoms with van der Waals surface area (Å²) >= 11 is 6.14. The van der Waals surface area contributed by atoms with Gasteiger partial charge in [-0.25, -0.2) is 0 Å². The predicted octanol–water partition coefficient (Wildman–Crippen LogP) is 1.97. The SMILES string of the molecule is CC(=O)CCOc1nc(Oc2ccc3c(c2)COB3O)c(Cl)cc1C#N. The van der Waals surface area contributed by atoms with Crippen LogP contribution in [0.5, 0.6) is 17.5 Å². The van der Waals surface area contributed by atoms with Crippen molar-refractivity contribution in [3.8, 4) is 23.6 Å². The van der Waals surface area contributed by atoms with Crippen LogP contribution < -0.4 is 14.9 Å². The molecule has 26 heavy (non-hydrogen) atoms. The number of nitrogens with zero attached hydrogens (tertiary/aromatic N) is 2. The monoisotopic (exact) mass is 372 g/mol. The van der Waals surface area contributed by atoms with E-state index >= 15 is 0 Å². The van der Waals surface area contributed by atoms with Gasteiger partial charge in [-0.15, -0.1) is 0 Å². The Balaban J connectivity index is 1.83. The van der Waals surface area contributed by atoms with Crippen molar-refractivity contribution in [2.24, 2.45) is 0 Å². The van der Waals surface area contributed by atoms with Gasteiger partial charge in [-0.3, -0.25) is 4.79 Å². The Hall–Kier alpha value is -2.60. The highest BCUT2D eigenvalue weighted by Crippen LogP contribution is 2.32. The Labute approximate surface area is 155 Å². The van der Waals surface area contributed by atoms with Gasteiger partial charge in [-0.05, 0) is 36.1 Å². The van der Waals surface area contributed by atoms with E-state index in [1.165, 1.54) is 13.0 Å². The standard InChI is InChI=1S/C17H14BClN2O5/c1-10(22)4-5-24-16-11(8-20)7-15(19)17(21-16)26-13-2-3-14-12(6-13)9-25-18(14)23/h2-3,6-7,23H,4-5,9H2,1H3. The molecule has 9 heteroatoms. The summed E-state index contributed by atoms with van der Waals surface area (Å²) in [6.45, 7) is 1.83. The zero-order valence-corrected chi connectivity index (χ0v) is 14.6. The first-order valence-corrected chi connectivity index (χ1v) is 8.19. The average Bonchev–Trinajstić information content (AvgIpc) is 2.97. The molecule has 0 radical (unpaired) electrons. The van der Waals surface area contributed by atoms with Crippen LogP contribution in [0.2, 0.25) is 5.02 Å². The van der Waals surface area contributed by atoms with Crippen LogP contribution in [0.3, 0.4) is 0 Å². The van der Waals surface area contributed by atoms with Crippen LogP contribution in [0, 0.1) is 11.3 Å². The molecule has 0 spiro atoms. The summed E-state index contributed by atoms with van der Waals surface area (Å²) in [6, 6.07) is 8.42. The zero-order valence-electron chi connectivity index (χ0n) is 13.9. The lowest BCUT2D eigenvalue weighted by atomic mass is 9.80. The van der Waals surface area contributed by atoms with Gasteiger partial charge < -0.3 is 19.2 Å². The lowest BCUT2D eigenvalue weighted by Crippen LogP contribution is -2.27. The number of carbonyl (C=O) groups is 1. The van der Waals surface area contributed by atoms with Gasteiger partial charge in [0, 0.05) is 6.42 Å². The van der Waals surface area contributed by atoms with Crippen LogP contribution in [0.4, 0.5) is 0 Å². The number of nitriles is 1. The molecule has 7 nitrogen and oxygen atoms in total. The molecule has 0 bridgehead atoms. The molecule has 3 rings (SSSR count). The first kappa shape index (κ1) is 18.2. The molecule has 0 atom stereocenters. The van der Waals surface area contributed by atoms with Crippen LogP contribution in [-0.2, 0) is 16.1 Å². The van der Waals surface area contributed by atoms with Gasteiger partial charge in [0.05, 0.1) is 13.2 Å². The molecule has 0 fully saturated rings. The van der Waals surface area contributed by atoms with Crippen molar-refractivity contribution < 1.29 is 23.9 Å². The molecule has 1 aromatic heterocycles. The largest absolute Gasteiger partial charge is 0.491 e. The third-order valence-electron chi connectivity index (χ3n) is 3.71. The van der Waals surface area contributed by atoms with E-state index in [1.807, 2.05) is 6.07 Å². The van der Waals surface area contributed by atoms with Gasteiger partial charge in [0.2, 0.25) is 11.8 Å². The van der Waals surface area contributed by atoms with E-state index in [4.69, 9.17) is 25.7 Å². The van der Waals surface area contributed by atoms with E-state index in [-0.39, 0.29) is 47.8 Å². The summed E-state index contributed by atoms with van der Waals surface area (Å²) in [6.07, 6.45) is 0.207. The average molecular weight is 373 g/mol. The van der Waals surface area contributed by atoms with Crippen molar-refractivity contribution in [2.45, 2.75) is 20.0 Å². The smallest absolute Gasteiger partial charge is 0.476 e. The second kappa shape index (κ2) is 7.75. The Morgan fingerprint density at radius 2 is 2.27 bits per heavy atom. The topological polar surface area (TPSA) is 102 Å². The molecule has 0 saturated carbocycles. The van der Waals surface area contributed by atoms with E-state index in [9.17, 15) is 15.1 Å². The highest BCUT2D eigenvalue weighted by atomic mass is 35.5. The van der Waals surface area contributed by atoms with Crippen molar-refractivity contribution in [3.63, 3.8) is 0 Å². The lowest BCUT2D eigenvalue weighted by Gasteiger charge is -2.11. The molecule has 0 saturated heterocycles. The minimum Gasteiger partial charge on any atom is -0.476 e. The van der Waals surface area contributed by atoms with E-state index in [0.29, 0.717) is 11.2 Å². The van der Waals surface area contributed by atoms with Gasteiger partial charge in [0.1, 0.15) is 28.2 Å². The Kier molecular flexibility index (Phi) is 5.42. The Morgan fingerprint density at radius 3 is 3.00 bits per heavy atom. The maximum absolute atomic E-state index is 11.0. The second-order valence-electron chi connectivity index (χ2n) is 5.67. The number of hydrogen-bond donors (Lipinski definition) is 1. The number of aromatic nitrogens is 1. The summed E-state index contributed by atoms with van der Waals surface area (Å²) in [4.78, 5) is 15.2. The minimum atomic E-state index is -0.933. The Bertz CT molecular complexity index is 899. The summed E-state index contributed by atoms with van der Waals surface area (Å²) < 4.78 is 16.3. The maximum Gasteiger partial charge on any atom is 0.491 e. The molecular weight excluding hydrogens is 358 g/mol. The highest BCUT2D eigenvalue weighted by molar-refractivity contribution is 6.61. The zero-order chi connectivity index (χ0) is 18.7. The summed E-state index contributed by atoms with van der Waals surface area (Å²) in [5, 5.41) is 19.0. The van der Waals surface area contributed by atoms with Crippen LogP contribution >= 0.6 is 11.6 Å². The summed E-state index contributed by atoms with van der Waals surface area (Å²) in [7, 11) is -0.933. The molecule has 1 aliphatic rings. The molecule has 1 N–H and O–H groups in total. The van der Waals surface area contributed by atoms with Crippen molar-refractivity contribution in [1.82, 2.24) is 4.98 Å². The number of pyridine rings is 1. The van der Waals surface area contributed by atoms with Crippen LogP contribution in [0.15, 0.2) is 24.3 Å². The Morgan fingerprint density at radius 1 is 1.46 bits per heavy atom. The number of benzene rings is 1. The van der Waals surface area contributed by atoms with Crippen molar-refractivity contribution in [1.29, 1.82) is 5.26 Å². The van der Waals surface area contributed by atoms with Crippen LogP contribution in [0.25, 0.3) is 0 Å². The fraction of sp³-hybridized carbons (Fsp3) is 0.235. The minimum absolute atomic E-state index is 0.0310. The van der Waals surface area contributed by atoms with E-state index in [1.54, 1.807) is 18.2 Å². The maximum atomic E-state index is 11.0. The number of ketones is 1.